The summed E-state index contributed by atoms with van der Waals surface area (Å²) >= 11 is 0. The Morgan fingerprint density at radius 2 is 2.04 bits per heavy atom. The number of fused-ring (bicyclic) bond motifs is 1. The predicted octanol–water partition coefficient (Wildman–Crippen LogP) is 1.44. The topological polar surface area (TPSA) is 81.8 Å². The molecular formula is C18H21N5O2. The Labute approximate surface area is 145 Å². The third-order valence-corrected chi connectivity index (χ3v) is 4.34. The molecule has 0 bridgehead atoms. The van der Waals surface area contributed by atoms with Gasteiger partial charge in [-0.15, -0.1) is 0 Å². The van der Waals surface area contributed by atoms with Gasteiger partial charge in [0.2, 0.25) is 5.91 Å². The fourth-order valence-corrected chi connectivity index (χ4v) is 2.85. The van der Waals surface area contributed by atoms with Crippen molar-refractivity contribution >= 4 is 16.9 Å². The molecule has 1 N–H and O–H groups in total. The first-order valence-electron chi connectivity index (χ1n) is 8.29. The van der Waals surface area contributed by atoms with Gasteiger partial charge in [0.15, 0.2) is 5.65 Å². The Morgan fingerprint density at radius 1 is 1.28 bits per heavy atom. The Morgan fingerprint density at radius 3 is 2.76 bits per heavy atom. The third kappa shape index (κ3) is 3.60. The molecule has 25 heavy (non-hydrogen) atoms. The summed E-state index contributed by atoms with van der Waals surface area (Å²) in [7, 11) is 1.72. The molecular weight excluding hydrogens is 318 g/mol. The molecule has 3 aromatic rings. The van der Waals surface area contributed by atoms with Crippen LogP contribution in [-0.4, -0.2) is 31.8 Å². The number of carbonyl (C=O) groups excluding carboxylic acids is 1. The highest BCUT2D eigenvalue weighted by Gasteiger charge is 2.13. The summed E-state index contributed by atoms with van der Waals surface area (Å²) in [5.74, 6) is 0.0438. The highest BCUT2D eigenvalue weighted by molar-refractivity contribution is 5.77. The maximum atomic E-state index is 12.4. The van der Waals surface area contributed by atoms with E-state index >= 15 is 0 Å². The number of nitrogens with zero attached hydrogens (tertiary/aromatic N) is 4. The Bertz CT molecular complexity index is 930. The number of hydrogen-bond donors (Lipinski definition) is 1. The molecule has 1 aromatic carbocycles. The summed E-state index contributed by atoms with van der Waals surface area (Å²) in [5.41, 5.74) is 1.45. The fraction of sp³-hybridized carbons (Fsp3) is 0.333. The average Bonchev–Trinajstić information content (AvgIpc) is 3.01. The normalized spacial score (nSPS) is 12.2. The number of hydrogen-bond acceptors (Lipinski definition) is 4. The van der Waals surface area contributed by atoms with Gasteiger partial charge in [0.25, 0.3) is 5.56 Å². The van der Waals surface area contributed by atoms with Gasteiger partial charge in [-0.25, -0.2) is 4.98 Å². The van der Waals surface area contributed by atoms with Crippen LogP contribution in [0.15, 0.2) is 47.7 Å². The molecule has 0 aliphatic heterocycles. The molecule has 0 fully saturated rings. The van der Waals surface area contributed by atoms with Crippen molar-refractivity contribution in [1.82, 2.24) is 24.6 Å². The minimum absolute atomic E-state index is 0.0537. The lowest BCUT2D eigenvalue weighted by Crippen LogP contribution is -2.34. The van der Waals surface area contributed by atoms with Gasteiger partial charge in [0.05, 0.1) is 6.20 Å². The molecule has 1 atom stereocenters. The SMILES string of the molecule is CC[C@@H](CNC(=O)Cn1cnc2c(cnn2C)c1=O)c1ccccc1. The lowest BCUT2D eigenvalue weighted by atomic mass is 9.96. The van der Waals surface area contributed by atoms with E-state index in [2.05, 4.69) is 34.5 Å². The number of aromatic nitrogens is 4. The van der Waals surface area contributed by atoms with Crippen molar-refractivity contribution < 1.29 is 4.79 Å². The monoisotopic (exact) mass is 339 g/mol. The quantitative estimate of drug-likeness (QED) is 0.737. The summed E-state index contributed by atoms with van der Waals surface area (Å²) in [6, 6.07) is 10.1. The minimum atomic E-state index is -0.261. The van der Waals surface area contributed by atoms with Gasteiger partial charge in [-0.3, -0.25) is 18.8 Å². The molecule has 0 saturated heterocycles. The highest BCUT2D eigenvalue weighted by atomic mass is 16.2. The maximum Gasteiger partial charge on any atom is 0.264 e. The van der Waals surface area contributed by atoms with E-state index in [0.29, 0.717) is 17.6 Å². The summed E-state index contributed by atoms with van der Waals surface area (Å²) < 4.78 is 2.84. The van der Waals surface area contributed by atoms with Crippen LogP contribution in [0.3, 0.4) is 0 Å². The maximum absolute atomic E-state index is 12.4. The van der Waals surface area contributed by atoms with E-state index in [1.807, 2.05) is 18.2 Å². The lowest BCUT2D eigenvalue weighted by molar-refractivity contribution is -0.121. The summed E-state index contributed by atoms with van der Waals surface area (Å²) in [4.78, 5) is 28.8. The number of nitrogens with one attached hydrogen (secondary N) is 1. The molecule has 0 unspecified atom stereocenters. The van der Waals surface area contributed by atoms with Crippen LogP contribution in [0.1, 0.15) is 24.8 Å². The van der Waals surface area contributed by atoms with E-state index in [0.717, 1.165) is 6.42 Å². The second-order valence-electron chi connectivity index (χ2n) is 6.00. The van der Waals surface area contributed by atoms with Gasteiger partial charge in [-0.05, 0) is 12.0 Å². The van der Waals surface area contributed by atoms with Crippen LogP contribution in [0.2, 0.25) is 0 Å². The number of amides is 1. The molecule has 7 nitrogen and oxygen atoms in total. The van der Waals surface area contributed by atoms with Gasteiger partial charge < -0.3 is 5.32 Å². The van der Waals surface area contributed by atoms with Crippen LogP contribution in [0, 0.1) is 0 Å². The van der Waals surface area contributed by atoms with Crippen molar-refractivity contribution in [2.24, 2.45) is 7.05 Å². The standard InChI is InChI=1S/C18H21N5O2/c1-3-13(14-7-5-4-6-8-14)9-19-16(24)11-23-12-20-17-15(18(23)25)10-21-22(17)2/h4-8,10,12-13H,3,9,11H2,1-2H3,(H,19,24)/t13-/m0/s1. The first-order valence-corrected chi connectivity index (χ1v) is 8.29. The fourth-order valence-electron chi connectivity index (χ4n) is 2.85. The van der Waals surface area contributed by atoms with Crippen molar-refractivity contribution in [1.29, 1.82) is 0 Å². The molecule has 3 rings (SSSR count). The van der Waals surface area contributed by atoms with E-state index in [1.165, 1.54) is 27.3 Å². The Hall–Kier alpha value is -2.96. The number of benzene rings is 1. The van der Waals surface area contributed by atoms with Gasteiger partial charge in [0.1, 0.15) is 18.3 Å². The first-order chi connectivity index (χ1) is 12.1. The Balaban J connectivity index is 1.66. The zero-order chi connectivity index (χ0) is 17.8. The van der Waals surface area contributed by atoms with E-state index in [9.17, 15) is 9.59 Å². The number of carbonyl (C=O) groups is 1. The molecule has 130 valence electrons. The van der Waals surface area contributed by atoms with Crippen LogP contribution in [0.5, 0.6) is 0 Å². The zero-order valence-corrected chi connectivity index (χ0v) is 14.3. The molecule has 0 radical (unpaired) electrons. The van der Waals surface area contributed by atoms with E-state index < -0.39 is 0 Å². The first kappa shape index (κ1) is 16.9. The Kier molecular flexibility index (Phi) is 4.92. The molecule has 2 aromatic heterocycles. The van der Waals surface area contributed by atoms with E-state index in [4.69, 9.17) is 0 Å². The third-order valence-electron chi connectivity index (χ3n) is 4.34. The van der Waals surface area contributed by atoms with Crippen molar-refractivity contribution in [3.8, 4) is 0 Å². The second kappa shape index (κ2) is 7.29. The summed E-state index contributed by atoms with van der Waals surface area (Å²) in [5, 5.41) is 7.35. The number of rotatable bonds is 6. The van der Waals surface area contributed by atoms with Crippen molar-refractivity contribution in [3.05, 3.63) is 58.8 Å². The molecule has 0 aliphatic carbocycles. The molecule has 0 saturated carbocycles. The smallest absolute Gasteiger partial charge is 0.264 e. The van der Waals surface area contributed by atoms with Crippen LogP contribution in [0.25, 0.3) is 11.0 Å². The van der Waals surface area contributed by atoms with Crippen LogP contribution in [0.4, 0.5) is 0 Å². The van der Waals surface area contributed by atoms with Crippen molar-refractivity contribution in [2.45, 2.75) is 25.8 Å². The molecule has 1 amide bonds. The predicted molar refractivity (Wildman–Crippen MR) is 95.3 cm³/mol. The highest BCUT2D eigenvalue weighted by Crippen LogP contribution is 2.17. The van der Waals surface area contributed by atoms with Gasteiger partial charge in [0, 0.05) is 19.5 Å². The van der Waals surface area contributed by atoms with Crippen LogP contribution >= 0.6 is 0 Å². The second-order valence-corrected chi connectivity index (χ2v) is 6.00. The number of aryl methyl sites for hydroxylation is 1. The van der Waals surface area contributed by atoms with Gasteiger partial charge in [-0.2, -0.15) is 5.10 Å². The van der Waals surface area contributed by atoms with Crippen LogP contribution in [-0.2, 0) is 18.4 Å². The van der Waals surface area contributed by atoms with Crippen molar-refractivity contribution in [3.63, 3.8) is 0 Å². The molecule has 7 heteroatoms. The molecule has 0 spiro atoms. The largest absolute Gasteiger partial charge is 0.354 e. The van der Waals surface area contributed by atoms with E-state index in [1.54, 1.807) is 7.05 Å². The lowest BCUT2D eigenvalue weighted by Gasteiger charge is -2.16. The average molecular weight is 339 g/mol. The minimum Gasteiger partial charge on any atom is -0.354 e. The zero-order valence-electron chi connectivity index (χ0n) is 14.3. The summed E-state index contributed by atoms with van der Waals surface area (Å²) in [6.45, 7) is 2.58. The van der Waals surface area contributed by atoms with Crippen LogP contribution < -0.4 is 10.9 Å². The molecule has 2 heterocycles. The molecule has 0 aliphatic rings. The summed E-state index contributed by atoms with van der Waals surface area (Å²) in [6.07, 6.45) is 3.79. The van der Waals surface area contributed by atoms with E-state index in [-0.39, 0.29) is 23.9 Å². The van der Waals surface area contributed by atoms with Gasteiger partial charge >= 0.3 is 0 Å². The van der Waals surface area contributed by atoms with Crippen molar-refractivity contribution in [2.75, 3.05) is 6.54 Å². The van der Waals surface area contributed by atoms with Gasteiger partial charge in [-0.1, -0.05) is 37.3 Å².